The van der Waals surface area contributed by atoms with Gasteiger partial charge in [-0.05, 0) is 30.7 Å². The van der Waals surface area contributed by atoms with Crippen molar-refractivity contribution in [2.45, 2.75) is 50.6 Å². The van der Waals surface area contributed by atoms with Crippen LogP contribution in [0.4, 0.5) is 0 Å². The van der Waals surface area contributed by atoms with Crippen LogP contribution in [0.25, 0.3) is 0 Å². The smallest absolute Gasteiger partial charge is 0.211 e. The molecule has 1 N–H and O–H groups in total. The van der Waals surface area contributed by atoms with E-state index in [-0.39, 0.29) is 0 Å². The van der Waals surface area contributed by atoms with Crippen LogP contribution in [0.3, 0.4) is 0 Å². The Morgan fingerprint density at radius 3 is 2.30 bits per heavy atom. The van der Waals surface area contributed by atoms with Crippen molar-refractivity contribution in [1.82, 2.24) is 9.62 Å². The van der Waals surface area contributed by atoms with Crippen LogP contribution >= 0.6 is 0 Å². The Bertz CT molecular complexity index is 591. The van der Waals surface area contributed by atoms with Gasteiger partial charge in [-0.25, -0.2) is 12.7 Å². The summed E-state index contributed by atoms with van der Waals surface area (Å²) in [5.41, 5.74) is 1.37. The molecule has 2 aliphatic rings. The summed E-state index contributed by atoms with van der Waals surface area (Å²) in [5.74, 6) is 0.851. The van der Waals surface area contributed by atoms with Gasteiger partial charge in [0.1, 0.15) is 0 Å². The Morgan fingerprint density at radius 1 is 1.13 bits per heavy atom. The third kappa shape index (κ3) is 4.55. The number of nitrogens with zero attached hydrogens (tertiary/aromatic N) is 1. The molecule has 0 unspecified atom stereocenters. The molecule has 1 aromatic carbocycles. The molecule has 1 aromatic rings. The Balaban J connectivity index is 1.60. The molecular formula is C18H28N2O2S. The topological polar surface area (TPSA) is 49.4 Å². The van der Waals surface area contributed by atoms with E-state index in [1.807, 2.05) is 0 Å². The fourth-order valence-electron chi connectivity index (χ4n) is 3.69. The van der Waals surface area contributed by atoms with Gasteiger partial charge in [0.2, 0.25) is 10.0 Å². The number of hydrogen-bond acceptors (Lipinski definition) is 3. The molecule has 0 amide bonds. The lowest BCUT2D eigenvalue weighted by Gasteiger charge is -2.36. The van der Waals surface area contributed by atoms with Gasteiger partial charge in [0.15, 0.2) is 0 Å². The minimum atomic E-state index is -3.04. The molecule has 23 heavy (non-hydrogen) atoms. The zero-order valence-corrected chi connectivity index (χ0v) is 14.8. The highest BCUT2D eigenvalue weighted by molar-refractivity contribution is 7.88. The SMILES string of the molecule is CS(=O)(=O)N1CCC(N[C@H](CC2CCC2)c2ccccc2)CC1. The van der Waals surface area contributed by atoms with E-state index in [4.69, 9.17) is 0 Å². The number of nitrogens with one attached hydrogen (secondary N) is 1. The van der Waals surface area contributed by atoms with E-state index >= 15 is 0 Å². The number of sulfonamides is 1. The molecule has 4 nitrogen and oxygen atoms in total. The van der Waals surface area contributed by atoms with Crippen molar-refractivity contribution < 1.29 is 8.42 Å². The maximum absolute atomic E-state index is 11.6. The van der Waals surface area contributed by atoms with Crippen LogP contribution in [0.2, 0.25) is 0 Å². The predicted octanol–water partition coefficient (Wildman–Crippen LogP) is 2.93. The fourth-order valence-corrected chi connectivity index (χ4v) is 4.56. The van der Waals surface area contributed by atoms with Crippen LogP contribution in [0.1, 0.15) is 50.1 Å². The second kappa shape index (κ2) is 7.32. The number of hydrogen-bond donors (Lipinski definition) is 1. The summed E-state index contributed by atoms with van der Waals surface area (Å²) in [6.07, 6.45) is 8.41. The van der Waals surface area contributed by atoms with Crippen molar-refractivity contribution in [3.05, 3.63) is 35.9 Å². The molecule has 1 saturated heterocycles. The van der Waals surface area contributed by atoms with Gasteiger partial charge in [0.05, 0.1) is 6.26 Å². The van der Waals surface area contributed by atoms with E-state index in [1.54, 1.807) is 4.31 Å². The molecule has 0 bridgehead atoms. The van der Waals surface area contributed by atoms with Gasteiger partial charge in [-0.3, -0.25) is 0 Å². The molecule has 2 fully saturated rings. The van der Waals surface area contributed by atoms with Gasteiger partial charge >= 0.3 is 0 Å². The van der Waals surface area contributed by atoms with E-state index in [2.05, 4.69) is 35.6 Å². The lowest BCUT2D eigenvalue weighted by atomic mass is 9.79. The first-order valence-electron chi connectivity index (χ1n) is 8.78. The lowest BCUT2D eigenvalue weighted by Crippen LogP contribution is -2.45. The molecule has 1 aliphatic heterocycles. The van der Waals surface area contributed by atoms with Crippen molar-refractivity contribution in [2.24, 2.45) is 5.92 Å². The van der Waals surface area contributed by atoms with Gasteiger partial charge in [-0.1, -0.05) is 49.6 Å². The Hall–Kier alpha value is -0.910. The van der Waals surface area contributed by atoms with E-state index in [0.717, 1.165) is 18.8 Å². The molecule has 1 saturated carbocycles. The van der Waals surface area contributed by atoms with E-state index in [9.17, 15) is 8.42 Å². The lowest BCUT2D eigenvalue weighted by molar-refractivity contribution is 0.226. The Kier molecular flexibility index (Phi) is 5.39. The molecule has 0 radical (unpaired) electrons. The maximum atomic E-state index is 11.6. The van der Waals surface area contributed by atoms with Crippen molar-refractivity contribution >= 4 is 10.0 Å². The van der Waals surface area contributed by atoms with Gasteiger partial charge < -0.3 is 5.32 Å². The summed E-state index contributed by atoms with van der Waals surface area (Å²) in [6, 6.07) is 11.5. The minimum Gasteiger partial charge on any atom is -0.307 e. The van der Waals surface area contributed by atoms with Crippen molar-refractivity contribution in [1.29, 1.82) is 0 Å². The summed E-state index contributed by atoms with van der Waals surface area (Å²) in [7, 11) is -3.04. The first-order chi connectivity index (χ1) is 11.0. The third-order valence-electron chi connectivity index (χ3n) is 5.36. The first-order valence-corrected chi connectivity index (χ1v) is 10.6. The normalized spacial score (nSPS) is 22.7. The summed E-state index contributed by atoms with van der Waals surface area (Å²) < 4.78 is 24.9. The quantitative estimate of drug-likeness (QED) is 0.869. The number of piperidine rings is 1. The number of rotatable bonds is 6. The van der Waals surface area contributed by atoms with E-state index in [0.29, 0.717) is 25.2 Å². The van der Waals surface area contributed by atoms with E-state index < -0.39 is 10.0 Å². The molecule has 0 aromatic heterocycles. The van der Waals surface area contributed by atoms with Gasteiger partial charge in [-0.15, -0.1) is 0 Å². The molecule has 1 atom stereocenters. The molecule has 1 heterocycles. The van der Waals surface area contributed by atoms with E-state index in [1.165, 1.54) is 37.5 Å². The van der Waals surface area contributed by atoms with Crippen LogP contribution in [0.15, 0.2) is 30.3 Å². The van der Waals surface area contributed by atoms with Crippen LogP contribution < -0.4 is 5.32 Å². The summed E-state index contributed by atoms with van der Waals surface area (Å²) in [6.45, 7) is 1.28. The van der Waals surface area contributed by atoms with Gasteiger partial charge in [-0.2, -0.15) is 0 Å². The molecular weight excluding hydrogens is 308 g/mol. The largest absolute Gasteiger partial charge is 0.307 e. The maximum Gasteiger partial charge on any atom is 0.211 e. The summed E-state index contributed by atoms with van der Waals surface area (Å²) in [5, 5.41) is 3.82. The summed E-state index contributed by atoms with van der Waals surface area (Å²) in [4.78, 5) is 0. The predicted molar refractivity (Wildman–Crippen MR) is 93.7 cm³/mol. The monoisotopic (exact) mass is 336 g/mol. The highest BCUT2D eigenvalue weighted by Crippen LogP contribution is 2.35. The zero-order chi connectivity index (χ0) is 16.3. The molecule has 0 spiro atoms. The van der Waals surface area contributed by atoms with Crippen molar-refractivity contribution in [3.63, 3.8) is 0 Å². The van der Waals surface area contributed by atoms with Crippen molar-refractivity contribution in [2.75, 3.05) is 19.3 Å². The second-order valence-corrected chi connectivity index (χ2v) is 9.08. The first kappa shape index (κ1) is 16.9. The molecule has 3 rings (SSSR count). The minimum absolute atomic E-state index is 0.399. The Morgan fingerprint density at radius 2 is 1.78 bits per heavy atom. The van der Waals surface area contributed by atoms with Gasteiger partial charge in [0.25, 0.3) is 0 Å². The second-order valence-electron chi connectivity index (χ2n) is 7.10. The summed E-state index contributed by atoms with van der Waals surface area (Å²) >= 11 is 0. The van der Waals surface area contributed by atoms with Gasteiger partial charge in [0, 0.05) is 25.2 Å². The average molecular weight is 337 g/mol. The standard InChI is InChI=1S/C18H28N2O2S/c1-23(21,22)20-12-10-17(11-13-20)19-18(14-15-6-5-7-15)16-8-3-2-4-9-16/h2-4,8-9,15,17-19H,5-7,10-14H2,1H3/t18-/m1/s1. The highest BCUT2D eigenvalue weighted by atomic mass is 32.2. The molecule has 128 valence electrons. The molecule has 1 aliphatic carbocycles. The average Bonchev–Trinajstić information content (AvgIpc) is 2.50. The van der Waals surface area contributed by atoms with Crippen molar-refractivity contribution in [3.8, 4) is 0 Å². The van der Waals surface area contributed by atoms with Crippen LogP contribution in [-0.2, 0) is 10.0 Å². The van der Waals surface area contributed by atoms with Crippen LogP contribution in [-0.4, -0.2) is 38.1 Å². The number of benzene rings is 1. The highest BCUT2D eigenvalue weighted by Gasteiger charge is 2.28. The fraction of sp³-hybridized carbons (Fsp3) is 0.667. The van der Waals surface area contributed by atoms with Crippen LogP contribution in [0, 0.1) is 5.92 Å². The zero-order valence-electron chi connectivity index (χ0n) is 13.9. The van der Waals surface area contributed by atoms with Crippen LogP contribution in [0.5, 0.6) is 0 Å². The Labute approximate surface area is 140 Å². The third-order valence-corrected chi connectivity index (χ3v) is 6.66. The molecule has 5 heteroatoms.